The Labute approximate surface area is 209 Å². The van der Waals surface area contributed by atoms with Gasteiger partial charge in [-0.2, -0.15) is 0 Å². The van der Waals surface area contributed by atoms with Crippen molar-refractivity contribution in [2.24, 2.45) is 22.7 Å². The van der Waals surface area contributed by atoms with Crippen molar-refractivity contribution in [3.05, 3.63) is 71.8 Å². The van der Waals surface area contributed by atoms with Gasteiger partial charge >= 0.3 is 0 Å². The van der Waals surface area contributed by atoms with Crippen molar-refractivity contribution in [1.29, 1.82) is 0 Å². The molecule has 35 heavy (non-hydrogen) atoms. The first-order chi connectivity index (χ1) is 16.7. The molecule has 5 nitrogen and oxygen atoms in total. The molecule has 4 aliphatic rings. The molecular weight excluding hydrogens is 456 g/mol. The molecule has 2 saturated heterocycles. The number of sulfonamides is 1. The summed E-state index contributed by atoms with van der Waals surface area (Å²) < 4.78 is 28.6. The smallest absolute Gasteiger partial charge is 0.241 e. The fraction of sp³-hybridized carbons (Fsp3) is 0.552. The largest absolute Gasteiger partial charge is 0.295 e. The van der Waals surface area contributed by atoms with Crippen molar-refractivity contribution in [1.82, 2.24) is 9.21 Å². The van der Waals surface area contributed by atoms with Crippen molar-refractivity contribution in [2.75, 3.05) is 18.8 Å². The maximum absolute atomic E-state index is 14.3. The molecule has 1 spiro atoms. The van der Waals surface area contributed by atoms with Gasteiger partial charge in [0, 0.05) is 30.5 Å². The molecule has 2 aromatic carbocycles. The predicted molar refractivity (Wildman–Crippen MR) is 137 cm³/mol. The molecule has 2 heterocycles. The van der Waals surface area contributed by atoms with Crippen LogP contribution >= 0.6 is 0 Å². The fourth-order valence-electron chi connectivity index (χ4n) is 8.12. The minimum Gasteiger partial charge on any atom is -0.295 e. The van der Waals surface area contributed by atoms with Gasteiger partial charge in [0.25, 0.3) is 0 Å². The van der Waals surface area contributed by atoms with Gasteiger partial charge in [0.05, 0.1) is 17.7 Å². The first-order valence-corrected chi connectivity index (χ1v) is 14.7. The fourth-order valence-corrected chi connectivity index (χ4v) is 10.7. The van der Waals surface area contributed by atoms with Gasteiger partial charge in [-0.15, -0.1) is 0 Å². The van der Waals surface area contributed by atoms with Crippen LogP contribution in [0, 0.1) is 22.7 Å². The normalized spacial score (nSPS) is 35.8. The van der Waals surface area contributed by atoms with Gasteiger partial charge in [0.2, 0.25) is 15.9 Å². The Balaban J connectivity index is 1.35. The number of amides is 1. The SMILES string of the molecule is C[C@H](c1ccccc1)N1C[C@H](C(=O)N2[C@@H]3C[C@H]4CC[C@]3(CS2(=O)=O)C4(C)C)[C@@H](c2ccccc2)C1. The maximum Gasteiger partial charge on any atom is 0.241 e. The van der Waals surface area contributed by atoms with Gasteiger partial charge in [0.1, 0.15) is 0 Å². The molecule has 6 atom stereocenters. The highest BCUT2D eigenvalue weighted by atomic mass is 32.2. The van der Waals surface area contributed by atoms with Crippen LogP contribution in [0.1, 0.15) is 63.1 Å². The zero-order valence-corrected chi connectivity index (χ0v) is 21.7. The second-order valence-electron chi connectivity index (χ2n) is 11.9. The summed E-state index contributed by atoms with van der Waals surface area (Å²) in [5, 5.41) is 0. The van der Waals surface area contributed by atoms with E-state index in [1.165, 1.54) is 9.87 Å². The first kappa shape index (κ1) is 23.2. The Morgan fingerprint density at radius 1 is 1.00 bits per heavy atom. The summed E-state index contributed by atoms with van der Waals surface area (Å²) >= 11 is 0. The number of rotatable bonds is 4. The molecule has 6 rings (SSSR count). The standard InChI is InChI=1S/C29H36N2O3S/c1-20(21-10-6-4-7-11-21)30-17-24(22-12-8-5-9-13-22)25(18-30)27(32)31-26-16-23-14-15-29(26,28(23,2)3)19-35(31,33)34/h4-13,20,23-26H,14-19H2,1-3H3/t20-,23-,24-,25+,26-,29-/m1/s1. The van der Waals surface area contributed by atoms with E-state index in [1.54, 1.807) is 0 Å². The molecule has 2 aliphatic carbocycles. The molecule has 4 fully saturated rings. The lowest BCUT2D eigenvalue weighted by atomic mass is 9.69. The number of nitrogens with zero attached hydrogens (tertiary/aromatic N) is 2. The predicted octanol–water partition coefficient (Wildman–Crippen LogP) is 4.83. The maximum atomic E-state index is 14.3. The molecular formula is C29H36N2O3S. The van der Waals surface area contributed by atoms with Crippen LogP contribution in [0.2, 0.25) is 0 Å². The zero-order valence-electron chi connectivity index (χ0n) is 20.9. The van der Waals surface area contributed by atoms with Gasteiger partial charge in [-0.3, -0.25) is 9.69 Å². The van der Waals surface area contributed by atoms with Crippen LogP contribution in [0.3, 0.4) is 0 Å². The second-order valence-corrected chi connectivity index (χ2v) is 13.8. The second kappa shape index (κ2) is 7.91. The minimum atomic E-state index is -3.63. The zero-order chi connectivity index (χ0) is 24.6. The Bertz CT molecular complexity index is 1230. The Kier molecular flexibility index (Phi) is 5.25. The number of hydrogen-bond acceptors (Lipinski definition) is 4. The van der Waals surface area contributed by atoms with Crippen LogP contribution in [-0.4, -0.2) is 48.4 Å². The van der Waals surface area contributed by atoms with Crippen LogP contribution in [0.15, 0.2) is 60.7 Å². The monoisotopic (exact) mass is 492 g/mol. The number of hydrogen-bond donors (Lipinski definition) is 0. The summed E-state index contributed by atoms with van der Waals surface area (Å²) in [5.41, 5.74) is 2.01. The van der Waals surface area contributed by atoms with E-state index in [0.717, 1.165) is 31.4 Å². The van der Waals surface area contributed by atoms with E-state index in [9.17, 15) is 13.2 Å². The summed E-state index contributed by atoms with van der Waals surface area (Å²) in [7, 11) is -3.63. The molecule has 1 amide bonds. The van der Waals surface area contributed by atoms with Gasteiger partial charge in [-0.1, -0.05) is 74.5 Å². The lowest BCUT2D eigenvalue weighted by Gasteiger charge is -2.37. The quantitative estimate of drug-likeness (QED) is 0.613. The molecule has 2 aromatic rings. The van der Waals surface area contributed by atoms with Gasteiger partial charge in [-0.05, 0) is 48.6 Å². The van der Waals surface area contributed by atoms with Gasteiger partial charge < -0.3 is 0 Å². The molecule has 6 heteroatoms. The summed E-state index contributed by atoms with van der Waals surface area (Å²) in [6.07, 6.45) is 2.83. The topological polar surface area (TPSA) is 57.7 Å². The van der Waals surface area contributed by atoms with Crippen LogP contribution in [0.4, 0.5) is 0 Å². The lowest BCUT2D eigenvalue weighted by Crippen LogP contribution is -2.47. The number of likely N-dealkylation sites (tertiary alicyclic amines) is 1. The van der Waals surface area contributed by atoms with Crippen molar-refractivity contribution < 1.29 is 13.2 Å². The third-order valence-corrected chi connectivity index (χ3v) is 12.3. The van der Waals surface area contributed by atoms with E-state index in [4.69, 9.17) is 0 Å². The molecule has 2 aliphatic heterocycles. The van der Waals surface area contributed by atoms with Gasteiger partial charge in [-0.25, -0.2) is 12.7 Å². The van der Waals surface area contributed by atoms with E-state index in [0.29, 0.717) is 12.5 Å². The molecule has 2 bridgehead atoms. The molecule has 0 N–H and O–H groups in total. The highest BCUT2D eigenvalue weighted by Gasteiger charge is 2.72. The molecule has 0 aromatic heterocycles. The summed E-state index contributed by atoms with van der Waals surface area (Å²) in [5.74, 6) is 0.0735. The lowest BCUT2D eigenvalue weighted by molar-refractivity contribution is -0.133. The Morgan fingerprint density at radius 3 is 2.31 bits per heavy atom. The van der Waals surface area contributed by atoms with E-state index in [-0.39, 0.29) is 46.4 Å². The van der Waals surface area contributed by atoms with E-state index in [2.05, 4.69) is 49.9 Å². The van der Waals surface area contributed by atoms with Crippen molar-refractivity contribution in [3.8, 4) is 0 Å². The number of carbonyl (C=O) groups excluding carboxylic acids is 1. The summed E-state index contributed by atoms with van der Waals surface area (Å²) in [4.78, 5) is 16.7. The van der Waals surface area contributed by atoms with E-state index in [1.807, 2.05) is 36.4 Å². The van der Waals surface area contributed by atoms with Crippen molar-refractivity contribution in [3.63, 3.8) is 0 Å². The highest BCUT2D eigenvalue weighted by molar-refractivity contribution is 7.90. The minimum absolute atomic E-state index is 0.0202. The molecule has 2 saturated carbocycles. The number of benzene rings is 2. The average Bonchev–Trinajstić information content (AvgIpc) is 3.52. The van der Waals surface area contributed by atoms with Crippen molar-refractivity contribution in [2.45, 2.75) is 58.0 Å². The highest BCUT2D eigenvalue weighted by Crippen LogP contribution is 2.70. The Morgan fingerprint density at radius 2 is 1.66 bits per heavy atom. The molecule has 0 unspecified atom stereocenters. The van der Waals surface area contributed by atoms with Gasteiger partial charge in [0.15, 0.2) is 0 Å². The third kappa shape index (κ3) is 3.28. The number of carbonyl (C=O) groups is 1. The summed E-state index contributed by atoms with van der Waals surface area (Å²) in [6.45, 7) is 7.98. The van der Waals surface area contributed by atoms with E-state index < -0.39 is 10.0 Å². The number of fused-ring (bicyclic) bond motifs is 1. The molecule has 186 valence electrons. The Hall–Kier alpha value is -2.18. The summed E-state index contributed by atoms with van der Waals surface area (Å²) in [6, 6.07) is 20.5. The third-order valence-electron chi connectivity index (χ3n) is 10.4. The molecule has 0 radical (unpaired) electrons. The van der Waals surface area contributed by atoms with E-state index >= 15 is 0 Å². The van der Waals surface area contributed by atoms with Crippen LogP contribution < -0.4 is 0 Å². The van der Waals surface area contributed by atoms with Crippen LogP contribution in [-0.2, 0) is 14.8 Å². The average molecular weight is 493 g/mol. The first-order valence-electron chi connectivity index (χ1n) is 13.1. The van der Waals surface area contributed by atoms with Crippen LogP contribution in [0.25, 0.3) is 0 Å². The van der Waals surface area contributed by atoms with Crippen LogP contribution in [0.5, 0.6) is 0 Å². The van der Waals surface area contributed by atoms with Crippen molar-refractivity contribution >= 4 is 15.9 Å².